The summed E-state index contributed by atoms with van der Waals surface area (Å²) in [5.41, 5.74) is 7.52. The van der Waals surface area contributed by atoms with E-state index in [2.05, 4.69) is 4.98 Å². The predicted octanol–water partition coefficient (Wildman–Crippen LogP) is 1.26. The number of sulfonamides is 1. The van der Waals surface area contributed by atoms with Crippen LogP contribution in [0.2, 0.25) is 0 Å². The lowest BCUT2D eigenvalue weighted by Gasteiger charge is -2.17. The van der Waals surface area contributed by atoms with Crippen molar-refractivity contribution in [2.75, 3.05) is 13.1 Å². The van der Waals surface area contributed by atoms with Gasteiger partial charge in [-0.05, 0) is 37.1 Å². The van der Waals surface area contributed by atoms with Crippen molar-refractivity contribution in [1.82, 2.24) is 9.29 Å². The molecular formula is C14H17N3O2S. The fraction of sp³-hybridized carbons (Fsp3) is 0.357. The third-order valence-corrected chi connectivity index (χ3v) is 5.66. The Hall–Kier alpha value is -1.50. The molecule has 0 aliphatic carbocycles. The highest BCUT2D eigenvalue weighted by Crippen LogP contribution is 2.28. The Labute approximate surface area is 118 Å². The molecule has 1 saturated heterocycles. The molecule has 1 fully saturated rings. The molecule has 1 aromatic heterocycles. The Morgan fingerprint density at radius 3 is 2.85 bits per heavy atom. The number of hydrogen-bond acceptors (Lipinski definition) is 4. The maximum absolute atomic E-state index is 12.7. The zero-order valence-corrected chi connectivity index (χ0v) is 12.1. The number of aromatic nitrogens is 1. The topological polar surface area (TPSA) is 76.3 Å². The average molecular weight is 291 g/mol. The number of hydrogen-bond donors (Lipinski definition) is 1. The summed E-state index contributed by atoms with van der Waals surface area (Å²) in [5.74, 6) is 0. The van der Waals surface area contributed by atoms with Gasteiger partial charge in [0.1, 0.15) is 0 Å². The summed E-state index contributed by atoms with van der Waals surface area (Å²) in [5, 5.41) is 0.674. The van der Waals surface area contributed by atoms with Gasteiger partial charge >= 0.3 is 0 Å². The average Bonchev–Trinajstić information content (AvgIpc) is 2.87. The van der Waals surface area contributed by atoms with Crippen molar-refractivity contribution >= 4 is 20.9 Å². The molecule has 1 aliphatic heterocycles. The van der Waals surface area contributed by atoms with Crippen LogP contribution in [0.25, 0.3) is 10.9 Å². The molecule has 1 aromatic carbocycles. The molecule has 0 unspecified atom stereocenters. The number of nitrogens with zero attached hydrogens (tertiary/aromatic N) is 2. The van der Waals surface area contributed by atoms with Crippen LogP contribution in [0.3, 0.4) is 0 Å². The fourth-order valence-electron chi connectivity index (χ4n) is 2.62. The third kappa shape index (κ3) is 2.09. The number of pyridine rings is 1. The zero-order valence-electron chi connectivity index (χ0n) is 11.3. The number of nitrogens with two attached hydrogens (primary N) is 1. The van der Waals surface area contributed by atoms with Crippen molar-refractivity contribution < 1.29 is 8.42 Å². The molecule has 0 bridgehead atoms. The van der Waals surface area contributed by atoms with E-state index < -0.39 is 10.0 Å². The first-order valence-corrected chi connectivity index (χ1v) is 8.04. The summed E-state index contributed by atoms with van der Waals surface area (Å²) < 4.78 is 27.0. The van der Waals surface area contributed by atoms with Crippen molar-refractivity contribution in [3.63, 3.8) is 0 Å². The Morgan fingerprint density at radius 2 is 2.15 bits per heavy atom. The third-order valence-electron chi connectivity index (χ3n) is 3.74. The molecule has 0 radical (unpaired) electrons. The van der Waals surface area contributed by atoms with E-state index in [1.54, 1.807) is 30.5 Å². The maximum Gasteiger partial charge on any atom is 0.243 e. The van der Waals surface area contributed by atoms with Gasteiger partial charge in [0.2, 0.25) is 10.0 Å². The Kier molecular flexibility index (Phi) is 3.24. The van der Waals surface area contributed by atoms with Crippen LogP contribution in [-0.4, -0.2) is 36.8 Å². The van der Waals surface area contributed by atoms with E-state index in [-0.39, 0.29) is 6.04 Å². The number of benzene rings is 1. The first-order chi connectivity index (χ1) is 9.50. The van der Waals surface area contributed by atoms with Crippen LogP contribution in [-0.2, 0) is 10.0 Å². The number of fused-ring (bicyclic) bond motifs is 1. The van der Waals surface area contributed by atoms with Gasteiger partial charge in [0.15, 0.2) is 0 Å². The van der Waals surface area contributed by atoms with Gasteiger partial charge < -0.3 is 5.73 Å². The normalized spacial score (nSPS) is 20.6. The van der Waals surface area contributed by atoms with E-state index in [4.69, 9.17) is 5.73 Å². The van der Waals surface area contributed by atoms with Gasteiger partial charge in [0.25, 0.3) is 0 Å². The summed E-state index contributed by atoms with van der Waals surface area (Å²) in [6.07, 6.45) is 2.39. The van der Waals surface area contributed by atoms with Gasteiger partial charge in [-0.1, -0.05) is 6.07 Å². The molecule has 5 nitrogen and oxygen atoms in total. The SMILES string of the molecule is Cc1ccc(S(=O)(=O)N2CC[C@@H](N)C2)c2cccnc12. The lowest BCUT2D eigenvalue weighted by molar-refractivity contribution is 0.473. The van der Waals surface area contributed by atoms with Gasteiger partial charge in [-0.2, -0.15) is 4.31 Å². The van der Waals surface area contributed by atoms with Crippen LogP contribution in [0.15, 0.2) is 35.4 Å². The van der Waals surface area contributed by atoms with Gasteiger partial charge in [-0.3, -0.25) is 4.98 Å². The second-order valence-electron chi connectivity index (χ2n) is 5.19. The van der Waals surface area contributed by atoms with Gasteiger partial charge in [0.05, 0.1) is 10.4 Å². The second-order valence-corrected chi connectivity index (χ2v) is 7.10. The Morgan fingerprint density at radius 1 is 1.35 bits per heavy atom. The van der Waals surface area contributed by atoms with Crippen LogP contribution in [0, 0.1) is 6.92 Å². The molecule has 0 spiro atoms. The summed E-state index contributed by atoms with van der Waals surface area (Å²) in [6, 6.07) is 6.96. The molecule has 20 heavy (non-hydrogen) atoms. The summed E-state index contributed by atoms with van der Waals surface area (Å²) >= 11 is 0. The Bertz CT molecular complexity index is 758. The first kappa shape index (κ1) is 13.5. The molecule has 1 atom stereocenters. The van der Waals surface area contributed by atoms with E-state index in [0.717, 1.165) is 11.1 Å². The van der Waals surface area contributed by atoms with Crippen molar-refractivity contribution in [3.05, 3.63) is 36.0 Å². The number of rotatable bonds is 2. The predicted molar refractivity (Wildman–Crippen MR) is 77.8 cm³/mol. The van der Waals surface area contributed by atoms with E-state index in [1.807, 2.05) is 6.92 Å². The molecule has 106 valence electrons. The standard InChI is InChI=1S/C14H17N3O2S/c1-10-4-5-13(12-3-2-7-16-14(10)12)20(18,19)17-8-6-11(15)9-17/h2-5,7,11H,6,8-9,15H2,1H3/t11-/m1/s1. The highest BCUT2D eigenvalue weighted by molar-refractivity contribution is 7.89. The van der Waals surface area contributed by atoms with E-state index in [9.17, 15) is 8.42 Å². The summed E-state index contributed by atoms with van der Waals surface area (Å²) in [7, 11) is -3.50. The van der Waals surface area contributed by atoms with Crippen LogP contribution in [0.4, 0.5) is 0 Å². The molecule has 0 amide bonds. The van der Waals surface area contributed by atoms with Crippen LogP contribution >= 0.6 is 0 Å². The fourth-order valence-corrected chi connectivity index (χ4v) is 4.32. The molecule has 2 N–H and O–H groups in total. The maximum atomic E-state index is 12.7. The van der Waals surface area contributed by atoms with Crippen molar-refractivity contribution in [2.45, 2.75) is 24.3 Å². The molecule has 2 heterocycles. The quantitative estimate of drug-likeness (QED) is 0.904. The summed E-state index contributed by atoms with van der Waals surface area (Å²) in [6.45, 7) is 2.80. The van der Waals surface area contributed by atoms with E-state index in [0.29, 0.717) is 29.8 Å². The monoisotopic (exact) mass is 291 g/mol. The molecule has 1 aliphatic rings. The molecule has 3 rings (SSSR count). The Balaban J connectivity index is 2.17. The van der Waals surface area contributed by atoms with Crippen LogP contribution < -0.4 is 5.73 Å². The highest BCUT2D eigenvalue weighted by atomic mass is 32.2. The van der Waals surface area contributed by atoms with Gasteiger partial charge in [-0.25, -0.2) is 8.42 Å². The van der Waals surface area contributed by atoms with Crippen LogP contribution in [0.1, 0.15) is 12.0 Å². The minimum atomic E-state index is -3.50. The zero-order chi connectivity index (χ0) is 14.3. The van der Waals surface area contributed by atoms with Crippen molar-refractivity contribution in [1.29, 1.82) is 0 Å². The van der Waals surface area contributed by atoms with Crippen molar-refractivity contribution in [2.24, 2.45) is 5.73 Å². The largest absolute Gasteiger partial charge is 0.326 e. The molecule has 0 saturated carbocycles. The van der Waals surface area contributed by atoms with Crippen molar-refractivity contribution in [3.8, 4) is 0 Å². The number of aryl methyl sites for hydroxylation is 1. The minimum Gasteiger partial charge on any atom is -0.326 e. The highest BCUT2D eigenvalue weighted by Gasteiger charge is 2.32. The smallest absolute Gasteiger partial charge is 0.243 e. The van der Waals surface area contributed by atoms with Gasteiger partial charge in [-0.15, -0.1) is 0 Å². The second kappa shape index (κ2) is 4.80. The minimum absolute atomic E-state index is 0.0698. The molecular weight excluding hydrogens is 274 g/mol. The van der Waals surface area contributed by atoms with Crippen LogP contribution in [0.5, 0.6) is 0 Å². The first-order valence-electron chi connectivity index (χ1n) is 6.60. The van der Waals surface area contributed by atoms with E-state index >= 15 is 0 Å². The summed E-state index contributed by atoms with van der Waals surface area (Å²) in [4.78, 5) is 4.61. The molecule has 2 aromatic rings. The lowest BCUT2D eigenvalue weighted by atomic mass is 10.1. The molecule has 6 heteroatoms. The van der Waals surface area contributed by atoms with E-state index in [1.165, 1.54) is 4.31 Å². The lowest BCUT2D eigenvalue weighted by Crippen LogP contribution is -2.32. The van der Waals surface area contributed by atoms with Gasteiger partial charge in [0, 0.05) is 30.7 Å².